The minimum Gasteiger partial charge on any atom is -0.504 e. The highest BCUT2D eigenvalue weighted by molar-refractivity contribution is 6.09. The molecule has 6 heteroatoms. The third-order valence-corrected chi connectivity index (χ3v) is 8.61. The number of anilines is 1. The quantitative estimate of drug-likeness (QED) is 0.310. The molecule has 0 radical (unpaired) electrons. The van der Waals surface area contributed by atoms with Gasteiger partial charge in [-0.05, 0) is 48.4 Å². The molecule has 2 aromatic carbocycles. The Morgan fingerprint density at radius 1 is 1.11 bits per heavy atom. The molecule has 0 aliphatic carbocycles. The molecule has 6 nitrogen and oxygen atoms in total. The standard InChI is InChI=1S/C31H36N2O4/c1-4-23-20-32-18-16-31(28(32)19-24(23)25(21-36-2)29(34)37-3)26-14-8-9-15-27(26)33(30(31)35)17-10-13-22-11-6-5-7-12-22/h5-15,21,23-24,28H,4,16-20H2,1-3H3/b13-10+,25-21+/t23-,24-,28?,31+/m0/s1. The number of esters is 1. The van der Waals surface area contributed by atoms with Crippen molar-refractivity contribution >= 4 is 23.6 Å². The molecule has 3 heterocycles. The number of piperidine rings is 1. The Morgan fingerprint density at radius 2 is 1.86 bits per heavy atom. The van der Waals surface area contributed by atoms with E-state index in [9.17, 15) is 9.59 Å². The fourth-order valence-corrected chi connectivity index (χ4v) is 6.87. The monoisotopic (exact) mass is 500 g/mol. The molecule has 3 aliphatic rings. The summed E-state index contributed by atoms with van der Waals surface area (Å²) in [5.41, 5.74) is 3.19. The number of hydrogen-bond donors (Lipinski definition) is 0. The van der Waals surface area contributed by atoms with Crippen molar-refractivity contribution in [2.75, 3.05) is 38.8 Å². The normalized spacial score (nSPS) is 27.5. The second kappa shape index (κ2) is 10.5. The van der Waals surface area contributed by atoms with Crippen LogP contribution in [0.3, 0.4) is 0 Å². The van der Waals surface area contributed by atoms with E-state index in [-0.39, 0.29) is 23.8 Å². The summed E-state index contributed by atoms with van der Waals surface area (Å²) in [4.78, 5) is 31.6. The number of carbonyl (C=O) groups is 2. The molecule has 0 aromatic heterocycles. The first-order valence-corrected chi connectivity index (χ1v) is 13.2. The number of fused-ring (bicyclic) bond motifs is 4. The Balaban J connectivity index is 1.49. The van der Waals surface area contributed by atoms with Crippen LogP contribution in [0.1, 0.15) is 37.3 Å². The zero-order valence-corrected chi connectivity index (χ0v) is 21.9. The van der Waals surface area contributed by atoms with Gasteiger partial charge in [-0.25, -0.2) is 4.79 Å². The Kier molecular flexibility index (Phi) is 7.20. The molecule has 3 aliphatic heterocycles. The van der Waals surface area contributed by atoms with Gasteiger partial charge in [0.2, 0.25) is 5.91 Å². The van der Waals surface area contributed by atoms with Gasteiger partial charge in [0.15, 0.2) is 0 Å². The number of carbonyl (C=O) groups excluding carboxylic acids is 2. The van der Waals surface area contributed by atoms with Crippen molar-refractivity contribution in [1.29, 1.82) is 0 Å². The number of methoxy groups -OCH3 is 2. The lowest BCUT2D eigenvalue weighted by molar-refractivity contribution is -0.137. The molecular formula is C31H36N2O4. The van der Waals surface area contributed by atoms with Gasteiger partial charge in [0.1, 0.15) is 0 Å². The van der Waals surface area contributed by atoms with Gasteiger partial charge < -0.3 is 14.4 Å². The van der Waals surface area contributed by atoms with Gasteiger partial charge in [0.05, 0.1) is 31.5 Å². The molecule has 5 rings (SSSR count). The molecule has 194 valence electrons. The van der Waals surface area contributed by atoms with Gasteiger partial charge in [-0.1, -0.05) is 74.0 Å². The van der Waals surface area contributed by atoms with E-state index in [1.54, 1.807) is 13.4 Å². The van der Waals surface area contributed by atoms with Crippen LogP contribution in [0.15, 0.2) is 72.5 Å². The Bertz CT molecular complexity index is 1210. The molecule has 0 bridgehead atoms. The maximum atomic E-state index is 14.4. The van der Waals surface area contributed by atoms with Crippen LogP contribution in [0.2, 0.25) is 0 Å². The summed E-state index contributed by atoms with van der Waals surface area (Å²) in [6.45, 7) is 4.43. The molecule has 1 spiro atoms. The second-order valence-corrected chi connectivity index (χ2v) is 10.3. The Hall–Kier alpha value is -3.38. The lowest BCUT2D eigenvalue weighted by Gasteiger charge is -2.45. The van der Waals surface area contributed by atoms with Crippen LogP contribution in [-0.2, 0) is 24.5 Å². The highest BCUT2D eigenvalue weighted by Gasteiger charge is 2.61. The molecule has 37 heavy (non-hydrogen) atoms. The van der Waals surface area contributed by atoms with Gasteiger partial charge in [-0.15, -0.1) is 0 Å². The van der Waals surface area contributed by atoms with Gasteiger partial charge >= 0.3 is 5.97 Å². The van der Waals surface area contributed by atoms with Crippen LogP contribution < -0.4 is 4.90 Å². The van der Waals surface area contributed by atoms with E-state index < -0.39 is 5.41 Å². The zero-order valence-electron chi connectivity index (χ0n) is 21.9. The summed E-state index contributed by atoms with van der Waals surface area (Å²) in [7, 11) is 2.98. The fraction of sp³-hybridized carbons (Fsp3) is 0.419. The summed E-state index contributed by atoms with van der Waals surface area (Å²) in [5, 5.41) is 0. The van der Waals surface area contributed by atoms with Crippen molar-refractivity contribution < 1.29 is 19.1 Å². The van der Waals surface area contributed by atoms with E-state index in [0.717, 1.165) is 49.2 Å². The molecule has 2 fully saturated rings. The number of hydrogen-bond acceptors (Lipinski definition) is 5. The van der Waals surface area contributed by atoms with Crippen molar-refractivity contribution in [1.82, 2.24) is 4.90 Å². The fourth-order valence-electron chi connectivity index (χ4n) is 6.87. The SMILES string of the molecule is CC[C@H]1CN2CC[C@]3(C(=O)N(C/C=C/c4ccccc4)c4ccccc43)C2C[C@@H]1/C(=C\OC)C(=O)OC. The molecule has 0 saturated carbocycles. The molecule has 4 atom stereocenters. The van der Waals surface area contributed by atoms with Gasteiger partial charge in [-0.3, -0.25) is 9.69 Å². The summed E-state index contributed by atoms with van der Waals surface area (Å²) >= 11 is 0. The first-order chi connectivity index (χ1) is 18.0. The minimum absolute atomic E-state index is 0.0157. The molecule has 0 N–H and O–H groups in total. The van der Waals surface area contributed by atoms with Gasteiger partial charge in [-0.2, -0.15) is 0 Å². The molecular weight excluding hydrogens is 464 g/mol. The average molecular weight is 501 g/mol. The van der Waals surface area contributed by atoms with E-state index in [2.05, 4.69) is 48.2 Å². The highest BCUT2D eigenvalue weighted by Crippen LogP contribution is 2.55. The van der Waals surface area contributed by atoms with E-state index in [1.165, 1.54) is 7.11 Å². The van der Waals surface area contributed by atoms with Crippen LogP contribution >= 0.6 is 0 Å². The predicted octanol–water partition coefficient (Wildman–Crippen LogP) is 4.81. The topological polar surface area (TPSA) is 59.1 Å². The Morgan fingerprint density at radius 3 is 2.59 bits per heavy atom. The van der Waals surface area contributed by atoms with Gasteiger partial charge in [0.25, 0.3) is 0 Å². The number of ether oxygens (including phenoxy) is 2. The van der Waals surface area contributed by atoms with Crippen LogP contribution in [-0.4, -0.2) is 56.7 Å². The number of benzene rings is 2. The minimum atomic E-state index is -0.609. The summed E-state index contributed by atoms with van der Waals surface area (Å²) < 4.78 is 10.4. The van der Waals surface area contributed by atoms with Crippen LogP contribution in [0.5, 0.6) is 0 Å². The smallest absolute Gasteiger partial charge is 0.337 e. The van der Waals surface area contributed by atoms with E-state index in [1.807, 2.05) is 35.2 Å². The second-order valence-electron chi connectivity index (χ2n) is 10.3. The first-order valence-electron chi connectivity index (χ1n) is 13.2. The maximum Gasteiger partial charge on any atom is 0.337 e. The third kappa shape index (κ3) is 4.27. The van der Waals surface area contributed by atoms with Crippen molar-refractivity contribution in [3.8, 4) is 0 Å². The molecule has 2 aromatic rings. The first kappa shape index (κ1) is 25.3. The van der Waals surface area contributed by atoms with Crippen molar-refractivity contribution in [3.05, 3.63) is 83.6 Å². The molecule has 1 amide bonds. The maximum absolute atomic E-state index is 14.4. The van der Waals surface area contributed by atoms with Crippen LogP contribution in [0, 0.1) is 11.8 Å². The van der Waals surface area contributed by atoms with Gasteiger partial charge in [0, 0.05) is 24.8 Å². The lowest BCUT2D eigenvalue weighted by atomic mass is 9.67. The van der Waals surface area contributed by atoms with E-state index in [4.69, 9.17) is 9.47 Å². The number of nitrogens with zero attached hydrogens (tertiary/aromatic N) is 2. The predicted molar refractivity (Wildman–Crippen MR) is 145 cm³/mol. The summed E-state index contributed by atoms with van der Waals surface area (Å²) in [5.74, 6) is 0.0868. The summed E-state index contributed by atoms with van der Waals surface area (Å²) in [6, 6.07) is 18.4. The van der Waals surface area contributed by atoms with Crippen molar-refractivity contribution in [3.63, 3.8) is 0 Å². The average Bonchev–Trinajstić information content (AvgIpc) is 3.43. The number of rotatable bonds is 7. The van der Waals surface area contributed by atoms with Crippen LogP contribution in [0.4, 0.5) is 5.69 Å². The largest absolute Gasteiger partial charge is 0.504 e. The van der Waals surface area contributed by atoms with Crippen molar-refractivity contribution in [2.45, 2.75) is 37.6 Å². The van der Waals surface area contributed by atoms with E-state index >= 15 is 0 Å². The number of amides is 1. The van der Waals surface area contributed by atoms with E-state index in [0.29, 0.717) is 18.0 Å². The zero-order chi connectivity index (χ0) is 26.0. The molecule has 1 unspecified atom stereocenters. The highest BCUT2D eigenvalue weighted by atomic mass is 16.5. The third-order valence-electron chi connectivity index (χ3n) is 8.61. The van der Waals surface area contributed by atoms with Crippen molar-refractivity contribution in [2.24, 2.45) is 11.8 Å². The lowest BCUT2D eigenvalue weighted by Crippen LogP contribution is -2.55. The summed E-state index contributed by atoms with van der Waals surface area (Å²) in [6.07, 6.45) is 8.14. The number of para-hydroxylation sites is 1. The molecule has 2 saturated heterocycles. The Labute approximate surface area is 219 Å². The van der Waals surface area contributed by atoms with Crippen LogP contribution in [0.25, 0.3) is 6.08 Å².